The van der Waals surface area contributed by atoms with Gasteiger partial charge in [-0.05, 0) is 31.2 Å². The van der Waals surface area contributed by atoms with Gasteiger partial charge in [-0.2, -0.15) is 9.41 Å². The molecule has 1 aromatic carbocycles. The number of benzene rings is 1. The first-order chi connectivity index (χ1) is 12.9. The number of aryl methyl sites for hydroxylation is 1. The van der Waals surface area contributed by atoms with Gasteiger partial charge in [0.2, 0.25) is 10.0 Å². The third-order valence-corrected chi connectivity index (χ3v) is 6.19. The standard InChI is InChI=1S/C18H22N4O4S/c1-15-4-6-17(7-5-15)27(24,25)22-10-8-21(9-11-22)14-18(23)20-19-13-16-3-2-12-26-16/h2-7,12-13H,8-11,14H2,1H3,(H,20,23)/b19-13-. The number of nitrogens with zero attached hydrogens (tertiary/aromatic N) is 3. The summed E-state index contributed by atoms with van der Waals surface area (Å²) in [7, 11) is -3.50. The van der Waals surface area contributed by atoms with Crippen LogP contribution in [0.4, 0.5) is 0 Å². The number of amides is 1. The zero-order chi connectivity index (χ0) is 19.3. The first-order valence-electron chi connectivity index (χ1n) is 8.60. The van der Waals surface area contributed by atoms with E-state index >= 15 is 0 Å². The Kier molecular flexibility index (Phi) is 6.04. The van der Waals surface area contributed by atoms with E-state index in [0.29, 0.717) is 36.8 Å². The molecule has 27 heavy (non-hydrogen) atoms. The minimum atomic E-state index is -3.50. The molecular weight excluding hydrogens is 368 g/mol. The van der Waals surface area contributed by atoms with Crippen LogP contribution in [0.25, 0.3) is 0 Å². The van der Waals surface area contributed by atoms with E-state index in [2.05, 4.69) is 10.5 Å². The van der Waals surface area contributed by atoms with Gasteiger partial charge in [-0.15, -0.1) is 0 Å². The Morgan fingerprint density at radius 2 is 1.89 bits per heavy atom. The number of nitrogens with one attached hydrogen (secondary N) is 1. The summed E-state index contributed by atoms with van der Waals surface area (Å²) in [4.78, 5) is 14.1. The Bertz CT molecular complexity index is 884. The van der Waals surface area contributed by atoms with Gasteiger partial charge in [-0.3, -0.25) is 9.69 Å². The minimum absolute atomic E-state index is 0.161. The predicted molar refractivity (Wildman–Crippen MR) is 101 cm³/mol. The molecule has 3 rings (SSSR count). The molecule has 1 N–H and O–H groups in total. The summed E-state index contributed by atoms with van der Waals surface area (Å²) in [6.45, 7) is 3.74. The van der Waals surface area contributed by atoms with Crippen molar-refractivity contribution in [2.75, 3.05) is 32.7 Å². The first-order valence-corrected chi connectivity index (χ1v) is 10.0. The third-order valence-electron chi connectivity index (χ3n) is 4.28. The summed E-state index contributed by atoms with van der Waals surface area (Å²) < 4.78 is 31.9. The average molecular weight is 390 g/mol. The molecule has 1 aromatic heterocycles. The molecule has 0 bridgehead atoms. The summed E-state index contributed by atoms with van der Waals surface area (Å²) in [5.74, 6) is 0.290. The number of carbonyl (C=O) groups is 1. The van der Waals surface area contributed by atoms with E-state index in [0.717, 1.165) is 5.56 Å². The Hall–Kier alpha value is -2.49. The molecule has 2 heterocycles. The molecule has 0 atom stereocenters. The van der Waals surface area contributed by atoms with E-state index in [9.17, 15) is 13.2 Å². The predicted octanol–water partition coefficient (Wildman–Crippen LogP) is 1.04. The monoisotopic (exact) mass is 390 g/mol. The molecule has 1 fully saturated rings. The Labute approximate surface area is 158 Å². The molecule has 9 heteroatoms. The summed E-state index contributed by atoms with van der Waals surface area (Å²) in [5.41, 5.74) is 3.45. The van der Waals surface area contributed by atoms with Crippen LogP contribution in [-0.4, -0.2) is 62.5 Å². The van der Waals surface area contributed by atoms with Crippen molar-refractivity contribution in [3.05, 3.63) is 54.0 Å². The minimum Gasteiger partial charge on any atom is -0.463 e. The molecule has 8 nitrogen and oxygen atoms in total. The molecule has 2 aromatic rings. The highest BCUT2D eigenvalue weighted by molar-refractivity contribution is 7.89. The smallest absolute Gasteiger partial charge is 0.254 e. The second kappa shape index (κ2) is 8.47. The maximum atomic E-state index is 12.7. The molecule has 1 aliphatic heterocycles. The second-order valence-electron chi connectivity index (χ2n) is 6.30. The average Bonchev–Trinajstić information content (AvgIpc) is 3.16. The lowest BCUT2D eigenvalue weighted by Gasteiger charge is -2.33. The van der Waals surface area contributed by atoms with Crippen LogP contribution < -0.4 is 5.43 Å². The summed E-state index contributed by atoms with van der Waals surface area (Å²) in [6.07, 6.45) is 2.94. The summed E-state index contributed by atoms with van der Waals surface area (Å²) >= 11 is 0. The Morgan fingerprint density at radius 3 is 2.52 bits per heavy atom. The van der Waals surface area contributed by atoms with Crippen LogP contribution in [0.5, 0.6) is 0 Å². The number of hydrazone groups is 1. The fraction of sp³-hybridized carbons (Fsp3) is 0.333. The van der Waals surface area contributed by atoms with E-state index in [1.165, 1.54) is 16.8 Å². The number of hydrogen-bond acceptors (Lipinski definition) is 6. The topological polar surface area (TPSA) is 95.2 Å². The molecular formula is C18H22N4O4S. The zero-order valence-electron chi connectivity index (χ0n) is 15.0. The lowest BCUT2D eigenvalue weighted by molar-refractivity contribution is -0.122. The molecule has 1 amide bonds. The van der Waals surface area contributed by atoms with Gasteiger partial charge >= 0.3 is 0 Å². The number of rotatable bonds is 6. The highest BCUT2D eigenvalue weighted by Crippen LogP contribution is 2.18. The highest BCUT2D eigenvalue weighted by Gasteiger charge is 2.28. The van der Waals surface area contributed by atoms with Gasteiger partial charge in [0.05, 0.1) is 23.9 Å². The van der Waals surface area contributed by atoms with E-state index < -0.39 is 10.0 Å². The quantitative estimate of drug-likeness (QED) is 0.587. The van der Waals surface area contributed by atoms with Gasteiger partial charge in [0.25, 0.3) is 5.91 Å². The van der Waals surface area contributed by atoms with Crippen molar-refractivity contribution in [1.29, 1.82) is 0 Å². The fourth-order valence-electron chi connectivity index (χ4n) is 2.76. The van der Waals surface area contributed by atoms with Crippen molar-refractivity contribution in [1.82, 2.24) is 14.6 Å². The van der Waals surface area contributed by atoms with Crippen LogP contribution in [0.2, 0.25) is 0 Å². The number of sulfonamides is 1. The molecule has 1 aliphatic rings. The third kappa shape index (κ3) is 5.03. The maximum absolute atomic E-state index is 12.7. The van der Waals surface area contributed by atoms with Crippen molar-refractivity contribution < 1.29 is 17.6 Å². The molecule has 0 unspecified atom stereocenters. The number of piperazine rings is 1. The molecule has 0 radical (unpaired) electrons. The summed E-state index contributed by atoms with van der Waals surface area (Å²) in [5, 5.41) is 3.83. The largest absolute Gasteiger partial charge is 0.463 e. The molecule has 0 spiro atoms. The molecule has 0 aliphatic carbocycles. The second-order valence-corrected chi connectivity index (χ2v) is 8.24. The first kappa shape index (κ1) is 19.3. The van der Waals surface area contributed by atoms with Gasteiger partial charge in [0.15, 0.2) is 0 Å². The van der Waals surface area contributed by atoms with Crippen molar-refractivity contribution in [3.8, 4) is 0 Å². The van der Waals surface area contributed by atoms with E-state index in [1.54, 1.807) is 36.4 Å². The van der Waals surface area contributed by atoms with E-state index in [4.69, 9.17) is 4.42 Å². The molecule has 1 saturated heterocycles. The van der Waals surface area contributed by atoms with Crippen molar-refractivity contribution >= 4 is 22.1 Å². The Balaban J connectivity index is 1.48. The van der Waals surface area contributed by atoms with Gasteiger partial charge in [0, 0.05) is 26.2 Å². The van der Waals surface area contributed by atoms with Crippen LogP contribution in [-0.2, 0) is 14.8 Å². The lowest BCUT2D eigenvalue weighted by Crippen LogP contribution is -2.50. The molecule has 144 valence electrons. The van der Waals surface area contributed by atoms with Crippen molar-refractivity contribution in [3.63, 3.8) is 0 Å². The number of hydrogen-bond donors (Lipinski definition) is 1. The van der Waals surface area contributed by atoms with Gasteiger partial charge in [-0.1, -0.05) is 17.7 Å². The van der Waals surface area contributed by atoms with Crippen LogP contribution in [0.3, 0.4) is 0 Å². The van der Waals surface area contributed by atoms with Crippen molar-refractivity contribution in [2.24, 2.45) is 5.10 Å². The van der Waals surface area contributed by atoms with Crippen LogP contribution in [0.15, 0.2) is 57.1 Å². The van der Waals surface area contributed by atoms with Crippen LogP contribution >= 0.6 is 0 Å². The number of carbonyl (C=O) groups excluding carboxylic acids is 1. The van der Waals surface area contributed by atoms with E-state index in [-0.39, 0.29) is 12.5 Å². The summed E-state index contributed by atoms with van der Waals surface area (Å²) in [6, 6.07) is 10.3. The SMILES string of the molecule is Cc1ccc(S(=O)(=O)N2CCN(CC(=O)N/N=C\c3ccco3)CC2)cc1. The lowest BCUT2D eigenvalue weighted by atomic mass is 10.2. The van der Waals surface area contributed by atoms with Gasteiger partial charge in [0.1, 0.15) is 5.76 Å². The Morgan fingerprint density at radius 1 is 1.19 bits per heavy atom. The molecule has 0 saturated carbocycles. The highest BCUT2D eigenvalue weighted by atomic mass is 32.2. The fourth-order valence-corrected chi connectivity index (χ4v) is 4.18. The normalized spacial score (nSPS) is 16.6. The van der Waals surface area contributed by atoms with Gasteiger partial charge in [-0.25, -0.2) is 13.8 Å². The zero-order valence-corrected chi connectivity index (χ0v) is 15.9. The van der Waals surface area contributed by atoms with Crippen molar-refractivity contribution in [2.45, 2.75) is 11.8 Å². The number of furan rings is 1. The van der Waals surface area contributed by atoms with Gasteiger partial charge < -0.3 is 4.42 Å². The van der Waals surface area contributed by atoms with Crippen LogP contribution in [0.1, 0.15) is 11.3 Å². The maximum Gasteiger partial charge on any atom is 0.254 e. The van der Waals surface area contributed by atoms with E-state index in [1.807, 2.05) is 11.8 Å². The van der Waals surface area contributed by atoms with Crippen LogP contribution in [0, 0.1) is 6.92 Å².